The molecule has 0 spiro atoms. The van der Waals surface area contributed by atoms with Crippen molar-refractivity contribution in [1.82, 2.24) is 16.0 Å². The Hall–Kier alpha value is -4.44. The number of benzene rings is 1. The second-order valence-electron chi connectivity index (χ2n) is 9.33. The summed E-state index contributed by atoms with van der Waals surface area (Å²) in [5.74, 6) is -5.52. The normalized spacial score (nSPS) is 13.6. The minimum Gasteiger partial charge on any atom is -0.508 e. The second-order valence-corrected chi connectivity index (χ2v) is 9.33. The van der Waals surface area contributed by atoms with Crippen LogP contribution in [0.4, 0.5) is 0 Å². The van der Waals surface area contributed by atoms with Crippen molar-refractivity contribution in [3.63, 3.8) is 0 Å². The topological polar surface area (TPSA) is 299 Å². The molecule has 0 fully saturated rings. The fourth-order valence-electron chi connectivity index (χ4n) is 3.68. The zero-order chi connectivity index (χ0) is 30.9. The number of carbonyl (C=O) groups is 5. The molecular weight excluding hydrogens is 540 g/mol. The van der Waals surface area contributed by atoms with Crippen LogP contribution in [0.15, 0.2) is 29.3 Å². The van der Waals surface area contributed by atoms with Crippen molar-refractivity contribution in [2.75, 3.05) is 13.1 Å². The predicted molar refractivity (Wildman–Crippen MR) is 148 cm³/mol. The standard InChI is InChI=1S/C25H40N8O8/c26-10-2-1-5-17(24(40)41)31-23(39)19(13-20(35)36)33-22(38)18(12-14-6-8-15(34)9-7-14)32-21(37)16(27)4-3-11-30-25(28)29/h6-9,16-19,34H,1-5,10-13,26-27H2,(H,31,39)(H,32,37)(H,33,38)(H,35,36)(H,40,41)(H4,28,29,30). The maximum atomic E-state index is 13.3. The fraction of sp³-hybridized carbons (Fsp3) is 0.520. The number of nitrogens with one attached hydrogen (secondary N) is 3. The van der Waals surface area contributed by atoms with Gasteiger partial charge in [0.1, 0.15) is 23.9 Å². The van der Waals surface area contributed by atoms with Crippen molar-refractivity contribution < 1.29 is 39.3 Å². The van der Waals surface area contributed by atoms with Crippen LogP contribution in [0.1, 0.15) is 44.1 Å². The van der Waals surface area contributed by atoms with Crippen LogP contribution < -0.4 is 38.9 Å². The van der Waals surface area contributed by atoms with Crippen molar-refractivity contribution in [2.24, 2.45) is 27.9 Å². The van der Waals surface area contributed by atoms with Crippen molar-refractivity contribution in [1.29, 1.82) is 0 Å². The molecule has 4 unspecified atom stereocenters. The van der Waals surface area contributed by atoms with Crippen LogP contribution in [0.2, 0.25) is 0 Å². The fourth-order valence-corrected chi connectivity index (χ4v) is 3.68. The highest BCUT2D eigenvalue weighted by atomic mass is 16.4. The molecule has 0 aromatic heterocycles. The molecule has 14 N–H and O–H groups in total. The first-order chi connectivity index (χ1) is 19.3. The van der Waals surface area contributed by atoms with E-state index >= 15 is 0 Å². The van der Waals surface area contributed by atoms with Crippen LogP contribution in [0, 0.1) is 0 Å². The molecule has 41 heavy (non-hydrogen) atoms. The zero-order valence-electron chi connectivity index (χ0n) is 22.6. The lowest BCUT2D eigenvalue weighted by Gasteiger charge is -2.25. The summed E-state index contributed by atoms with van der Waals surface area (Å²) in [6.45, 7) is 0.558. The summed E-state index contributed by atoms with van der Waals surface area (Å²) in [7, 11) is 0. The highest BCUT2D eigenvalue weighted by molar-refractivity contribution is 5.95. The van der Waals surface area contributed by atoms with Gasteiger partial charge in [-0.2, -0.15) is 0 Å². The number of rotatable bonds is 19. The van der Waals surface area contributed by atoms with Gasteiger partial charge in [0.25, 0.3) is 0 Å². The molecule has 0 saturated carbocycles. The second kappa shape index (κ2) is 18.0. The summed E-state index contributed by atoms with van der Waals surface area (Å²) in [6, 6.07) is 0.448. The molecule has 1 aromatic carbocycles. The van der Waals surface area contributed by atoms with Crippen LogP contribution in [0.25, 0.3) is 0 Å². The molecule has 0 bridgehead atoms. The maximum absolute atomic E-state index is 13.3. The van der Waals surface area contributed by atoms with Crippen LogP contribution >= 0.6 is 0 Å². The number of aliphatic carboxylic acids is 2. The summed E-state index contributed by atoms with van der Waals surface area (Å²) >= 11 is 0. The van der Waals surface area contributed by atoms with E-state index in [1.807, 2.05) is 0 Å². The van der Waals surface area contributed by atoms with Gasteiger partial charge >= 0.3 is 11.9 Å². The van der Waals surface area contributed by atoms with E-state index in [0.717, 1.165) is 0 Å². The molecule has 0 radical (unpaired) electrons. The van der Waals surface area contributed by atoms with E-state index in [4.69, 9.17) is 22.9 Å². The van der Waals surface area contributed by atoms with Crippen LogP contribution in [0.3, 0.4) is 0 Å². The van der Waals surface area contributed by atoms with Gasteiger partial charge in [-0.25, -0.2) is 4.79 Å². The first-order valence-electron chi connectivity index (χ1n) is 13.0. The molecule has 1 rings (SSSR count). The Balaban J connectivity index is 3.08. The predicted octanol–water partition coefficient (Wildman–Crippen LogP) is -2.54. The number of guanidine groups is 1. The molecule has 0 aliphatic rings. The molecule has 16 nitrogen and oxygen atoms in total. The number of phenolic OH excluding ortho intramolecular Hbond substituents is 1. The molecule has 228 valence electrons. The number of nitrogens with two attached hydrogens (primary N) is 4. The third kappa shape index (κ3) is 14.0. The van der Waals surface area contributed by atoms with E-state index in [9.17, 15) is 39.3 Å². The Morgan fingerprint density at radius 1 is 0.805 bits per heavy atom. The molecule has 4 atom stereocenters. The Labute approximate surface area is 236 Å². The zero-order valence-corrected chi connectivity index (χ0v) is 22.6. The van der Waals surface area contributed by atoms with Crippen molar-refractivity contribution in [3.05, 3.63) is 29.8 Å². The van der Waals surface area contributed by atoms with Gasteiger partial charge in [0.05, 0.1) is 12.5 Å². The summed E-state index contributed by atoms with van der Waals surface area (Å²) in [5, 5.41) is 35.4. The lowest BCUT2D eigenvalue weighted by Crippen LogP contribution is -2.58. The minimum atomic E-state index is -1.65. The van der Waals surface area contributed by atoms with E-state index in [2.05, 4.69) is 20.9 Å². The van der Waals surface area contributed by atoms with Gasteiger partial charge in [0.2, 0.25) is 17.7 Å². The van der Waals surface area contributed by atoms with Gasteiger partial charge in [0, 0.05) is 13.0 Å². The SMILES string of the molecule is NCCCCC(NC(=O)C(CC(=O)O)NC(=O)C(Cc1ccc(O)cc1)NC(=O)C(N)CCCN=C(N)N)C(=O)O. The smallest absolute Gasteiger partial charge is 0.326 e. The van der Waals surface area contributed by atoms with Gasteiger partial charge in [-0.1, -0.05) is 12.1 Å². The highest BCUT2D eigenvalue weighted by Crippen LogP contribution is 2.12. The van der Waals surface area contributed by atoms with Gasteiger partial charge in [-0.3, -0.25) is 24.2 Å². The number of carboxylic acid groups (broad SMARTS) is 2. The molecule has 0 aliphatic heterocycles. The van der Waals surface area contributed by atoms with E-state index in [1.54, 1.807) is 0 Å². The lowest BCUT2D eigenvalue weighted by molar-refractivity contribution is -0.143. The molecule has 0 aliphatic carbocycles. The van der Waals surface area contributed by atoms with Gasteiger partial charge < -0.3 is 54.2 Å². The lowest BCUT2D eigenvalue weighted by atomic mass is 10.0. The molecule has 0 saturated heterocycles. The highest BCUT2D eigenvalue weighted by Gasteiger charge is 2.31. The van der Waals surface area contributed by atoms with E-state index in [0.29, 0.717) is 31.4 Å². The molecule has 16 heteroatoms. The Bertz CT molecular complexity index is 1060. The number of phenols is 1. The quantitative estimate of drug-likeness (QED) is 0.0460. The number of carbonyl (C=O) groups excluding carboxylic acids is 3. The number of carboxylic acids is 2. The summed E-state index contributed by atoms with van der Waals surface area (Å²) in [4.78, 5) is 65.8. The largest absolute Gasteiger partial charge is 0.508 e. The molecule has 0 heterocycles. The number of unbranched alkanes of at least 4 members (excludes halogenated alkanes) is 1. The van der Waals surface area contributed by atoms with Crippen LogP contribution in [0.5, 0.6) is 5.75 Å². The first-order valence-corrected chi connectivity index (χ1v) is 13.0. The number of aromatic hydroxyl groups is 1. The van der Waals surface area contributed by atoms with E-state index < -0.39 is 60.2 Å². The molecule has 1 aromatic rings. The maximum Gasteiger partial charge on any atom is 0.326 e. The molecule has 3 amide bonds. The van der Waals surface area contributed by atoms with Crippen LogP contribution in [-0.2, 0) is 30.4 Å². The van der Waals surface area contributed by atoms with Gasteiger partial charge in [0.15, 0.2) is 5.96 Å². The summed E-state index contributed by atoms with van der Waals surface area (Å²) in [5.41, 5.74) is 22.4. The number of amides is 3. The summed E-state index contributed by atoms with van der Waals surface area (Å²) < 4.78 is 0. The van der Waals surface area contributed by atoms with E-state index in [-0.39, 0.29) is 37.5 Å². The number of nitrogens with zero attached hydrogens (tertiary/aromatic N) is 1. The molecular formula is C25H40N8O8. The Kier molecular flexibility index (Phi) is 15.2. The number of hydrogen-bond acceptors (Lipinski definition) is 9. The van der Waals surface area contributed by atoms with E-state index in [1.165, 1.54) is 24.3 Å². The van der Waals surface area contributed by atoms with Gasteiger partial charge in [-0.15, -0.1) is 0 Å². The van der Waals surface area contributed by atoms with Crippen LogP contribution in [-0.4, -0.2) is 88.2 Å². The van der Waals surface area contributed by atoms with Crippen molar-refractivity contribution in [3.8, 4) is 5.75 Å². The van der Waals surface area contributed by atoms with Crippen molar-refractivity contribution >= 4 is 35.6 Å². The Morgan fingerprint density at radius 3 is 1.95 bits per heavy atom. The van der Waals surface area contributed by atoms with Crippen molar-refractivity contribution in [2.45, 2.75) is 69.1 Å². The third-order valence-corrected chi connectivity index (χ3v) is 5.89. The monoisotopic (exact) mass is 580 g/mol. The number of hydrogen-bond donors (Lipinski definition) is 10. The summed E-state index contributed by atoms with van der Waals surface area (Å²) in [6.07, 6.45) is 0.570. The third-order valence-electron chi connectivity index (χ3n) is 5.89. The minimum absolute atomic E-state index is 0.0285. The average Bonchev–Trinajstić information content (AvgIpc) is 2.90. The first kappa shape index (κ1) is 34.6. The van der Waals surface area contributed by atoms with Gasteiger partial charge in [-0.05, 0) is 56.3 Å². The number of aliphatic imine (C=N–C) groups is 1. The average molecular weight is 581 g/mol. The Morgan fingerprint density at radius 2 is 1.39 bits per heavy atom.